The molecule has 2 aliphatic heterocycles. The molecule has 2 saturated heterocycles. The third kappa shape index (κ3) is 2.47. The highest BCUT2D eigenvalue weighted by molar-refractivity contribution is 6.06. The highest BCUT2D eigenvalue weighted by Gasteiger charge is 2.51. The van der Waals surface area contributed by atoms with E-state index < -0.39 is 16.7 Å². The fourth-order valence-electron chi connectivity index (χ4n) is 3.12. The molecule has 0 radical (unpaired) electrons. The van der Waals surface area contributed by atoms with E-state index >= 15 is 0 Å². The average molecular weight is 320 g/mol. The highest BCUT2D eigenvalue weighted by Crippen LogP contribution is 2.37. The number of carbonyl (C=O) groups excluding carboxylic acids is 3. The molecule has 1 spiro atoms. The number of aromatic amines is 1. The van der Waals surface area contributed by atoms with Crippen molar-refractivity contribution in [2.24, 2.45) is 12.5 Å². The summed E-state index contributed by atoms with van der Waals surface area (Å²) in [6.45, 7) is 0.538. The van der Waals surface area contributed by atoms with Gasteiger partial charge in [-0.05, 0) is 6.42 Å². The van der Waals surface area contributed by atoms with Crippen LogP contribution in [-0.4, -0.2) is 45.3 Å². The summed E-state index contributed by atoms with van der Waals surface area (Å²) >= 11 is 0. The monoisotopic (exact) mass is 320 g/mol. The maximum atomic E-state index is 12.4. The van der Waals surface area contributed by atoms with Gasteiger partial charge in [-0.2, -0.15) is 0 Å². The van der Waals surface area contributed by atoms with Crippen LogP contribution >= 0.6 is 0 Å². The number of amides is 3. The van der Waals surface area contributed by atoms with Crippen molar-refractivity contribution in [3.8, 4) is 0 Å². The summed E-state index contributed by atoms with van der Waals surface area (Å²) in [6.07, 6.45) is 1.60. The van der Waals surface area contributed by atoms with Crippen LogP contribution in [0.3, 0.4) is 0 Å². The molecular formula is C14H16N4O5. The molecule has 1 aromatic rings. The molecule has 3 heterocycles. The Morgan fingerprint density at radius 3 is 2.70 bits per heavy atom. The molecule has 3 amide bonds. The molecule has 0 saturated carbocycles. The molecule has 2 N–H and O–H groups in total. The minimum absolute atomic E-state index is 0.0933. The van der Waals surface area contributed by atoms with Crippen LogP contribution in [0, 0.1) is 5.41 Å². The number of nitrogens with zero attached hydrogens (tertiary/aromatic N) is 2. The lowest BCUT2D eigenvalue weighted by Crippen LogP contribution is -2.39. The van der Waals surface area contributed by atoms with Crippen LogP contribution in [0.5, 0.6) is 0 Å². The number of imide groups is 1. The van der Waals surface area contributed by atoms with Crippen molar-refractivity contribution < 1.29 is 14.4 Å². The maximum Gasteiger partial charge on any atom is 0.328 e. The number of hydrogen-bond donors (Lipinski definition) is 2. The number of H-pyrrole nitrogens is 1. The van der Waals surface area contributed by atoms with Gasteiger partial charge < -0.3 is 9.88 Å². The van der Waals surface area contributed by atoms with E-state index in [1.807, 2.05) is 0 Å². The molecule has 3 rings (SSSR count). The van der Waals surface area contributed by atoms with Gasteiger partial charge in [-0.25, -0.2) is 4.79 Å². The second-order valence-corrected chi connectivity index (χ2v) is 6.06. The van der Waals surface area contributed by atoms with Crippen LogP contribution < -0.4 is 16.6 Å². The zero-order chi connectivity index (χ0) is 16.8. The first kappa shape index (κ1) is 15.2. The summed E-state index contributed by atoms with van der Waals surface area (Å²) in [5.41, 5.74) is -1.72. The van der Waals surface area contributed by atoms with Crippen LogP contribution in [0.1, 0.15) is 18.4 Å². The number of nitrogens with one attached hydrogen (secondary N) is 2. The predicted octanol–water partition coefficient (Wildman–Crippen LogP) is -2.12. The second kappa shape index (κ2) is 5.18. The number of hydrogen-bond acceptors (Lipinski definition) is 5. The van der Waals surface area contributed by atoms with E-state index in [1.54, 1.807) is 0 Å². The smallest absolute Gasteiger partial charge is 0.328 e. The van der Waals surface area contributed by atoms with Crippen molar-refractivity contribution in [2.45, 2.75) is 19.3 Å². The SMILES string of the molecule is Cn1c(=O)[nH]cc(CC(=O)N2CCC3(CC(=O)NC3=O)C2)c1=O. The van der Waals surface area contributed by atoms with Crippen LogP contribution in [-0.2, 0) is 27.9 Å². The first-order valence-electron chi connectivity index (χ1n) is 7.22. The molecule has 0 aliphatic carbocycles. The van der Waals surface area contributed by atoms with E-state index in [4.69, 9.17) is 0 Å². The molecule has 9 nitrogen and oxygen atoms in total. The van der Waals surface area contributed by atoms with Gasteiger partial charge in [0.05, 0.1) is 11.8 Å². The third-order valence-electron chi connectivity index (χ3n) is 4.54. The number of carbonyl (C=O) groups is 3. The molecule has 0 bridgehead atoms. The maximum absolute atomic E-state index is 12.4. The van der Waals surface area contributed by atoms with E-state index in [9.17, 15) is 24.0 Å². The summed E-state index contributed by atoms with van der Waals surface area (Å²) in [5.74, 6) is -0.963. The fraction of sp³-hybridized carbons (Fsp3) is 0.500. The summed E-state index contributed by atoms with van der Waals surface area (Å²) in [6, 6.07) is 0. The largest absolute Gasteiger partial charge is 0.341 e. The number of aromatic nitrogens is 2. The third-order valence-corrected chi connectivity index (χ3v) is 4.54. The predicted molar refractivity (Wildman–Crippen MR) is 77.4 cm³/mol. The van der Waals surface area contributed by atoms with Crippen LogP contribution in [0.15, 0.2) is 15.8 Å². The molecule has 1 unspecified atom stereocenters. The Kier molecular flexibility index (Phi) is 3.42. The van der Waals surface area contributed by atoms with Gasteiger partial charge in [0.15, 0.2) is 0 Å². The first-order chi connectivity index (χ1) is 10.8. The van der Waals surface area contributed by atoms with Gasteiger partial charge >= 0.3 is 5.69 Å². The van der Waals surface area contributed by atoms with Crippen LogP contribution in [0.4, 0.5) is 0 Å². The van der Waals surface area contributed by atoms with E-state index in [0.29, 0.717) is 13.0 Å². The van der Waals surface area contributed by atoms with Crippen LogP contribution in [0.25, 0.3) is 0 Å². The molecule has 122 valence electrons. The summed E-state index contributed by atoms with van der Waals surface area (Å²) in [4.78, 5) is 62.8. The van der Waals surface area contributed by atoms with Gasteiger partial charge in [-0.3, -0.25) is 29.1 Å². The summed E-state index contributed by atoms with van der Waals surface area (Å²) < 4.78 is 0.900. The Morgan fingerprint density at radius 1 is 1.30 bits per heavy atom. The van der Waals surface area contributed by atoms with Gasteiger partial charge in [-0.1, -0.05) is 0 Å². The Labute approximate surface area is 130 Å². The van der Waals surface area contributed by atoms with Crippen molar-refractivity contribution in [1.82, 2.24) is 19.8 Å². The van der Waals surface area contributed by atoms with Gasteiger partial charge in [-0.15, -0.1) is 0 Å². The molecule has 23 heavy (non-hydrogen) atoms. The molecule has 9 heteroatoms. The van der Waals surface area contributed by atoms with E-state index in [-0.39, 0.29) is 42.7 Å². The molecule has 1 aromatic heterocycles. The van der Waals surface area contributed by atoms with Crippen molar-refractivity contribution >= 4 is 17.7 Å². The Hall–Kier alpha value is -2.71. The second-order valence-electron chi connectivity index (χ2n) is 6.06. The van der Waals surface area contributed by atoms with Crippen LogP contribution in [0.2, 0.25) is 0 Å². The molecule has 2 fully saturated rings. The molecule has 2 aliphatic rings. The quantitative estimate of drug-likeness (QED) is 0.604. The lowest BCUT2D eigenvalue weighted by Gasteiger charge is -2.20. The van der Waals surface area contributed by atoms with Gasteiger partial charge in [0, 0.05) is 38.3 Å². The van der Waals surface area contributed by atoms with Crippen molar-refractivity contribution in [1.29, 1.82) is 0 Å². The van der Waals surface area contributed by atoms with E-state index in [0.717, 1.165) is 4.57 Å². The standard InChI is InChI=1S/C14H16N4O5/c1-17-11(21)8(6-15-13(17)23)4-10(20)18-3-2-14(7-18)5-9(19)16-12(14)22/h6H,2-5,7H2,1H3,(H,15,23)(H,16,19,22). The molecule has 1 atom stereocenters. The van der Waals surface area contributed by atoms with Crippen molar-refractivity contribution in [3.63, 3.8) is 0 Å². The molecule has 0 aromatic carbocycles. The van der Waals surface area contributed by atoms with Crippen molar-refractivity contribution in [3.05, 3.63) is 32.6 Å². The van der Waals surface area contributed by atoms with Crippen molar-refractivity contribution in [2.75, 3.05) is 13.1 Å². The number of likely N-dealkylation sites (tertiary alicyclic amines) is 1. The van der Waals surface area contributed by atoms with Gasteiger partial charge in [0.1, 0.15) is 0 Å². The minimum Gasteiger partial charge on any atom is -0.341 e. The van der Waals surface area contributed by atoms with E-state index in [2.05, 4.69) is 10.3 Å². The fourth-order valence-corrected chi connectivity index (χ4v) is 3.12. The minimum atomic E-state index is -0.831. The van der Waals surface area contributed by atoms with E-state index in [1.165, 1.54) is 18.1 Å². The zero-order valence-electron chi connectivity index (χ0n) is 12.5. The highest BCUT2D eigenvalue weighted by atomic mass is 16.2. The average Bonchev–Trinajstić information content (AvgIpc) is 3.04. The number of rotatable bonds is 2. The van der Waals surface area contributed by atoms with Gasteiger partial charge in [0.25, 0.3) is 5.56 Å². The lowest BCUT2D eigenvalue weighted by atomic mass is 9.85. The van der Waals surface area contributed by atoms with Gasteiger partial charge in [0.2, 0.25) is 17.7 Å². The summed E-state index contributed by atoms with van der Waals surface area (Å²) in [5, 5.41) is 2.27. The Morgan fingerprint density at radius 2 is 2.04 bits per heavy atom. The Balaban J connectivity index is 1.75. The molecular weight excluding hydrogens is 304 g/mol. The zero-order valence-corrected chi connectivity index (χ0v) is 12.5. The normalized spacial score (nSPS) is 23.6. The topological polar surface area (TPSA) is 121 Å². The Bertz CT molecular complexity index is 823. The first-order valence-corrected chi connectivity index (χ1v) is 7.22. The lowest BCUT2D eigenvalue weighted by molar-refractivity contribution is -0.131. The summed E-state index contributed by atoms with van der Waals surface area (Å²) in [7, 11) is 1.33.